The Bertz CT molecular complexity index is 1630. The van der Waals surface area contributed by atoms with E-state index in [1.807, 2.05) is 20.8 Å². The van der Waals surface area contributed by atoms with Crippen LogP contribution in [0, 0.1) is 23.7 Å². The largest absolute Gasteiger partial charge is 0.481 e. The number of unbranched alkanes of at least 4 members (excludes halogenated alkanes) is 10. The van der Waals surface area contributed by atoms with Crippen LogP contribution < -0.4 is 0 Å². The number of rotatable bonds is 33. The van der Waals surface area contributed by atoms with Gasteiger partial charge < -0.3 is 63.8 Å². The van der Waals surface area contributed by atoms with Crippen LogP contribution in [0.4, 0.5) is 0 Å². The number of carbonyl (C=O) groups excluding carboxylic acids is 3. The van der Waals surface area contributed by atoms with Crippen molar-refractivity contribution in [2.24, 2.45) is 23.7 Å². The SMILES string of the molecule is C/C(=C\C(=O)OCCCCCCCCC(=O)O)C[C@@H]1OC[C@H](C[C@@H]2O[C@H]2[C@@H](C)[C@H](C)OC(=O)CCCCCCCCOC(=O)/C=C(\C)C[C@H]2OC[C@@H](C[C@H]3O[C@@H]3[C@H](C)[C@@H](C)O)[C@H](O)[C@@H]2O)[C@@H](O)[C@H]1O. The molecular formula is C52H86O17. The van der Waals surface area contributed by atoms with E-state index in [4.69, 9.17) is 38.3 Å². The highest BCUT2D eigenvalue weighted by atomic mass is 16.6. The summed E-state index contributed by atoms with van der Waals surface area (Å²) in [6, 6.07) is 0. The molecule has 0 amide bonds. The third kappa shape index (κ3) is 20.9. The number of epoxide rings is 2. The first-order chi connectivity index (χ1) is 32.9. The highest BCUT2D eigenvalue weighted by molar-refractivity contribution is 5.83. The summed E-state index contributed by atoms with van der Waals surface area (Å²) in [5, 5.41) is 61.9. The number of ether oxygens (including phenoxy) is 7. The molecule has 0 aromatic heterocycles. The van der Waals surface area contributed by atoms with Crippen molar-refractivity contribution in [3.05, 3.63) is 23.3 Å². The highest BCUT2D eigenvalue weighted by Crippen LogP contribution is 2.40. The second-order valence-electron chi connectivity index (χ2n) is 20.5. The number of aliphatic carboxylic acids is 1. The molecule has 4 heterocycles. The Morgan fingerprint density at radius 2 is 0.971 bits per heavy atom. The fourth-order valence-corrected chi connectivity index (χ4v) is 9.54. The molecule has 0 aromatic carbocycles. The quantitative estimate of drug-likeness (QED) is 0.0152. The lowest BCUT2D eigenvalue weighted by molar-refractivity contribution is -0.165. The minimum Gasteiger partial charge on any atom is -0.481 e. The maximum atomic E-state index is 12.6. The zero-order chi connectivity index (χ0) is 50.6. The average molecular weight is 983 g/mol. The Morgan fingerprint density at radius 1 is 0.565 bits per heavy atom. The third-order valence-corrected chi connectivity index (χ3v) is 14.5. The topological polar surface area (TPSA) is 261 Å². The van der Waals surface area contributed by atoms with Crippen molar-refractivity contribution in [1.82, 2.24) is 0 Å². The van der Waals surface area contributed by atoms with Crippen molar-refractivity contribution in [3.8, 4) is 0 Å². The summed E-state index contributed by atoms with van der Waals surface area (Å²) in [7, 11) is 0. The lowest BCUT2D eigenvalue weighted by Crippen LogP contribution is -2.50. The average Bonchev–Trinajstić information content (AvgIpc) is 4.23. The molecular weight excluding hydrogens is 897 g/mol. The van der Waals surface area contributed by atoms with Gasteiger partial charge in [0, 0.05) is 48.7 Å². The first kappa shape index (κ1) is 58.6. The van der Waals surface area contributed by atoms with Gasteiger partial charge in [0.15, 0.2) is 0 Å². The van der Waals surface area contributed by atoms with Crippen molar-refractivity contribution in [1.29, 1.82) is 0 Å². The van der Waals surface area contributed by atoms with Crippen molar-refractivity contribution >= 4 is 23.9 Å². The van der Waals surface area contributed by atoms with E-state index in [-0.39, 0.29) is 99.2 Å². The van der Waals surface area contributed by atoms with Gasteiger partial charge in [0.05, 0.1) is 81.4 Å². The zero-order valence-corrected chi connectivity index (χ0v) is 42.1. The van der Waals surface area contributed by atoms with Crippen LogP contribution >= 0.6 is 0 Å². The van der Waals surface area contributed by atoms with Crippen LogP contribution in [0.25, 0.3) is 0 Å². The van der Waals surface area contributed by atoms with Crippen LogP contribution in [0.15, 0.2) is 23.3 Å². The van der Waals surface area contributed by atoms with Gasteiger partial charge in [0.1, 0.15) is 18.3 Å². The van der Waals surface area contributed by atoms with E-state index in [1.54, 1.807) is 20.8 Å². The minimum atomic E-state index is -1.13. The Hall–Kier alpha value is -3.00. The summed E-state index contributed by atoms with van der Waals surface area (Å²) in [4.78, 5) is 47.9. The number of carboxylic acids is 1. The molecule has 0 unspecified atom stereocenters. The summed E-state index contributed by atoms with van der Waals surface area (Å²) in [6.07, 6.45) is 8.24. The van der Waals surface area contributed by atoms with Gasteiger partial charge in [-0.3, -0.25) is 9.59 Å². The number of carbonyl (C=O) groups is 4. The molecule has 0 radical (unpaired) electrons. The van der Waals surface area contributed by atoms with Crippen LogP contribution in [0.5, 0.6) is 0 Å². The zero-order valence-electron chi connectivity index (χ0n) is 42.1. The molecule has 0 aromatic rings. The van der Waals surface area contributed by atoms with Crippen molar-refractivity contribution in [3.63, 3.8) is 0 Å². The molecule has 396 valence electrons. The standard InChI is InChI=1S/C52H86O17/c1-31(23-39-49(61)47(59)37(29-65-39)27-41-51(68-41)33(3)35(5)53)25-46(58)64-22-18-14-10-8-12-16-20-44(56)67-36(6)34(4)52-42(69-52)28-38-30-66-40(50(62)48(38)60)24-32(2)26-45(57)63-21-17-13-9-7-11-15-19-43(54)55/h25-26,33-42,47-53,59-62H,7-24,27-30H2,1-6H3,(H,54,55)/b31-25+,32-26+/t33-,34+,35-,36+,37-,38+,39-,40+,41-,42+,47+,48-,49-,50+,51-,52+/m1/s1. The highest BCUT2D eigenvalue weighted by Gasteiger charge is 2.50. The number of carboxylic acid groups (broad SMARTS) is 1. The predicted molar refractivity (Wildman–Crippen MR) is 254 cm³/mol. The minimum absolute atomic E-state index is 0.00946. The normalized spacial score (nSPS) is 31.0. The number of aliphatic hydroxyl groups is 5. The van der Waals surface area contributed by atoms with Gasteiger partial charge in [0.25, 0.3) is 0 Å². The van der Waals surface area contributed by atoms with Gasteiger partial charge in [-0.15, -0.1) is 0 Å². The van der Waals surface area contributed by atoms with E-state index in [1.165, 1.54) is 12.2 Å². The molecule has 0 aliphatic carbocycles. The smallest absolute Gasteiger partial charge is 0.330 e. The summed E-state index contributed by atoms with van der Waals surface area (Å²) in [5.41, 5.74) is 1.36. The van der Waals surface area contributed by atoms with Gasteiger partial charge in [-0.05, 0) is 79.1 Å². The van der Waals surface area contributed by atoms with Crippen molar-refractivity contribution < 1.29 is 83.0 Å². The number of hydrogen-bond acceptors (Lipinski definition) is 16. The first-order valence-electron chi connectivity index (χ1n) is 25.9. The van der Waals surface area contributed by atoms with Gasteiger partial charge in [0.2, 0.25) is 0 Å². The van der Waals surface area contributed by atoms with Crippen molar-refractivity contribution in [2.75, 3.05) is 26.4 Å². The third-order valence-electron chi connectivity index (χ3n) is 14.5. The summed E-state index contributed by atoms with van der Waals surface area (Å²) < 4.78 is 39.9. The lowest BCUT2D eigenvalue weighted by Gasteiger charge is -2.38. The summed E-state index contributed by atoms with van der Waals surface area (Å²) >= 11 is 0. The number of aliphatic hydroxyl groups excluding tert-OH is 5. The Labute approximate surface area is 409 Å². The first-order valence-corrected chi connectivity index (χ1v) is 25.9. The van der Waals surface area contributed by atoms with E-state index >= 15 is 0 Å². The van der Waals surface area contributed by atoms with Crippen LogP contribution in [-0.2, 0) is 52.3 Å². The van der Waals surface area contributed by atoms with E-state index in [2.05, 4.69) is 0 Å². The molecule has 0 spiro atoms. The molecule has 4 saturated heterocycles. The molecule has 4 fully saturated rings. The van der Waals surface area contributed by atoms with Gasteiger partial charge in [-0.2, -0.15) is 0 Å². The molecule has 6 N–H and O–H groups in total. The van der Waals surface area contributed by atoms with Crippen LogP contribution in [0.3, 0.4) is 0 Å². The number of esters is 3. The molecule has 0 bridgehead atoms. The monoisotopic (exact) mass is 983 g/mol. The Kier molecular flexibility index (Phi) is 25.6. The predicted octanol–water partition coefficient (Wildman–Crippen LogP) is 5.66. The second kappa shape index (κ2) is 30.1. The molecule has 0 saturated carbocycles. The fraction of sp³-hybridized carbons (Fsp3) is 0.846. The summed E-state index contributed by atoms with van der Waals surface area (Å²) in [6.45, 7) is 12.1. The number of hydrogen-bond donors (Lipinski definition) is 6. The van der Waals surface area contributed by atoms with Gasteiger partial charge >= 0.3 is 23.9 Å². The van der Waals surface area contributed by atoms with E-state index < -0.39 is 60.6 Å². The lowest BCUT2D eigenvalue weighted by atomic mass is 9.85. The molecule has 17 heteroatoms. The molecule has 17 nitrogen and oxygen atoms in total. The maximum absolute atomic E-state index is 12.6. The van der Waals surface area contributed by atoms with Crippen LogP contribution in [0.1, 0.15) is 157 Å². The van der Waals surface area contributed by atoms with E-state index in [0.717, 1.165) is 64.2 Å². The molecule has 4 aliphatic rings. The van der Waals surface area contributed by atoms with E-state index in [0.29, 0.717) is 49.9 Å². The fourth-order valence-electron chi connectivity index (χ4n) is 9.54. The van der Waals surface area contributed by atoms with Crippen LogP contribution in [0.2, 0.25) is 0 Å². The molecule has 4 rings (SSSR count). The Morgan fingerprint density at radius 3 is 1.41 bits per heavy atom. The Balaban J connectivity index is 0.981. The molecule has 4 aliphatic heterocycles. The van der Waals surface area contributed by atoms with Gasteiger partial charge in [-0.25, -0.2) is 9.59 Å². The van der Waals surface area contributed by atoms with Gasteiger partial charge in [-0.1, -0.05) is 76.4 Å². The molecule has 16 atom stereocenters. The van der Waals surface area contributed by atoms with E-state index in [9.17, 15) is 44.7 Å². The maximum Gasteiger partial charge on any atom is 0.330 e. The van der Waals surface area contributed by atoms with Crippen LogP contribution in [-0.4, -0.2) is 154 Å². The molecule has 69 heavy (non-hydrogen) atoms. The summed E-state index contributed by atoms with van der Waals surface area (Å²) in [5.74, 6) is -2.64. The van der Waals surface area contributed by atoms with Crippen molar-refractivity contribution in [2.45, 2.75) is 230 Å². The second-order valence-corrected chi connectivity index (χ2v) is 20.5.